The predicted octanol–water partition coefficient (Wildman–Crippen LogP) is 2.46. The fourth-order valence-corrected chi connectivity index (χ4v) is 3.79. The molecule has 1 aromatic carbocycles. The third-order valence-electron chi connectivity index (χ3n) is 4.92. The summed E-state index contributed by atoms with van der Waals surface area (Å²) in [5.74, 6) is 0. The molecule has 4 nitrogen and oxygen atoms in total. The first-order chi connectivity index (χ1) is 10.6. The van der Waals surface area contributed by atoms with Crippen LogP contribution in [0.3, 0.4) is 0 Å². The third-order valence-corrected chi connectivity index (χ3v) is 5.42. The fourth-order valence-electron chi connectivity index (χ4n) is 3.44. The molecular formula is C17H26BrN3O. The lowest BCUT2D eigenvalue weighted by Crippen LogP contribution is -2.37. The average Bonchev–Trinajstić information content (AvgIpc) is 2.92. The number of likely N-dealkylation sites (tertiary alicyclic amines) is 1. The Kier molecular flexibility index (Phi) is 5.07. The highest BCUT2D eigenvalue weighted by molar-refractivity contribution is 9.10. The summed E-state index contributed by atoms with van der Waals surface area (Å²) in [5, 5.41) is 0. The van der Waals surface area contributed by atoms with E-state index in [2.05, 4.69) is 50.9 Å². The summed E-state index contributed by atoms with van der Waals surface area (Å²) in [7, 11) is 0. The van der Waals surface area contributed by atoms with Gasteiger partial charge in [0.2, 0.25) is 0 Å². The molecule has 0 bridgehead atoms. The predicted molar refractivity (Wildman–Crippen MR) is 94.2 cm³/mol. The molecule has 0 spiro atoms. The van der Waals surface area contributed by atoms with E-state index < -0.39 is 0 Å². The van der Waals surface area contributed by atoms with Gasteiger partial charge in [0.1, 0.15) is 0 Å². The highest BCUT2D eigenvalue weighted by Crippen LogP contribution is 2.32. The molecule has 1 unspecified atom stereocenters. The van der Waals surface area contributed by atoms with E-state index in [-0.39, 0.29) is 5.41 Å². The number of nitrogens with zero attached hydrogens (tertiary/aromatic N) is 2. The lowest BCUT2D eigenvalue weighted by molar-refractivity contribution is 0.122. The van der Waals surface area contributed by atoms with Gasteiger partial charge in [-0.05, 0) is 42.6 Å². The summed E-state index contributed by atoms with van der Waals surface area (Å²) in [6.07, 6.45) is 1.20. The van der Waals surface area contributed by atoms with Gasteiger partial charge < -0.3 is 15.4 Å². The molecule has 0 saturated carbocycles. The topological polar surface area (TPSA) is 41.7 Å². The molecule has 2 aliphatic rings. The number of hydrogen-bond acceptors (Lipinski definition) is 4. The Labute approximate surface area is 141 Å². The Balaban J connectivity index is 1.76. The molecule has 122 valence electrons. The Morgan fingerprint density at radius 2 is 2.05 bits per heavy atom. The monoisotopic (exact) mass is 367 g/mol. The molecule has 0 amide bonds. The summed E-state index contributed by atoms with van der Waals surface area (Å²) < 4.78 is 6.63. The van der Waals surface area contributed by atoms with Crippen molar-refractivity contribution in [2.45, 2.75) is 19.9 Å². The van der Waals surface area contributed by atoms with Crippen LogP contribution in [0.4, 0.5) is 5.69 Å². The van der Waals surface area contributed by atoms with Gasteiger partial charge >= 0.3 is 0 Å². The van der Waals surface area contributed by atoms with Gasteiger partial charge in [0.05, 0.1) is 13.2 Å². The van der Waals surface area contributed by atoms with Gasteiger partial charge in [-0.25, -0.2) is 0 Å². The van der Waals surface area contributed by atoms with Gasteiger partial charge in [0, 0.05) is 36.3 Å². The molecule has 1 atom stereocenters. The van der Waals surface area contributed by atoms with E-state index >= 15 is 0 Å². The second kappa shape index (κ2) is 6.87. The van der Waals surface area contributed by atoms with Crippen molar-refractivity contribution in [1.29, 1.82) is 0 Å². The summed E-state index contributed by atoms with van der Waals surface area (Å²) in [5.41, 5.74) is 8.98. The number of ether oxygens (including phenoxy) is 1. The average molecular weight is 368 g/mol. The van der Waals surface area contributed by atoms with Crippen LogP contribution >= 0.6 is 15.9 Å². The SMILES string of the molecule is CC1(CN)CCN(Cc2ccc(Br)cc2N2CCOCC2)C1. The number of morpholine rings is 1. The Morgan fingerprint density at radius 1 is 1.27 bits per heavy atom. The van der Waals surface area contributed by atoms with Crippen LogP contribution in [0.25, 0.3) is 0 Å². The first-order valence-electron chi connectivity index (χ1n) is 8.13. The zero-order valence-electron chi connectivity index (χ0n) is 13.4. The van der Waals surface area contributed by atoms with E-state index in [1.54, 1.807) is 0 Å². The summed E-state index contributed by atoms with van der Waals surface area (Å²) in [6.45, 7) is 9.93. The van der Waals surface area contributed by atoms with Gasteiger partial charge in [0.15, 0.2) is 0 Å². The molecule has 0 aromatic heterocycles. The Bertz CT molecular complexity index is 519. The number of halogens is 1. The molecule has 5 heteroatoms. The molecule has 2 N–H and O–H groups in total. The van der Waals surface area contributed by atoms with Gasteiger partial charge in [-0.1, -0.05) is 28.9 Å². The Morgan fingerprint density at radius 3 is 2.73 bits per heavy atom. The van der Waals surface area contributed by atoms with Gasteiger partial charge in [0.25, 0.3) is 0 Å². The van der Waals surface area contributed by atoms with Crippen molar-refractivity contribution in [1.82, 2.24) is 4.90 Å². The Hall–Kier alpha value is -0.620. The van der Waals surface area contributed by atoms with Crippen molar-refractivity contribution in [2.75, 3.05) is 50.8 Å². The van der Waals surface area contributed by atoms with E-state index in [1.165, 1.54) is 17.7 Å². The van der Waals surface area contributed by atoms with Crippen LogP contribution in [-0.2, 0) is 11.3 Å². The maximum Gasteiger partial charge on any atom is 0.0642 e. The molecule has 0 aliphatic carbocycles. The third kappa shape index (κ3) is 3.65. The van der Waals surface area contributed by atoms with E-state index in [4.69, 9.17) is 10.5 Å². The van der Waals surface area contributed by atoms with Crippen molar-refractivity contribution in [3.63, 3.8) is 0 Å². The number of benzene rings is 1. The van der Waals surface area contributed by atoms with Crippen LogP contribution in [-0.4, -0.2) is 50.8 Å². The lowest BCUT2D eigenvalue weighted by Gasteiger charge is -2.32. The maximum atomic E-state index is 5.94. The van der Waals surface area contributed by atoms with Crippen molar-refractivity contribution in [2.24, 2.45) is 11.1 Å². The largest absolute Gasteiger partial charge is 0.378 e. The first-order valence-corrected chi connectivity index (χ1v) is 8.92. The molecule has 2 aliphatic heterocycles. The second-order valence-corrected chi connectivity index (χ2v) is 7.76. The number of rotatable bonds is 4. The minimum Gasteiger partial charge on any atom is -0.378 e. The molecule has 0 radical (unpaired) electrons. The standard InChI is InChI=1S/C17H26BrN3O/c1-17(12-19)4-5-20(13-17)11-14-2-3-15(18)10-16(14)21-6-8-22-9-7-21/h2-3,10H,4-9,11-13,19H2,1H3. The van der Waals surface area contributed by atoms with Crippen LogP contribution in [0.15, 0.2) is 22.7 Å². The molecule has 2 heterocycles. The first kappa shape index (κ1) is 16.2. The van der Waals surface area contributed by atoms with Crippen LogP contribution in [0, 0.1) is 5.41 Å². The molecular weight excluding hydrogens is 342 g/mol. The fraction of sp³-hybridized carbons (Fsp3) is 0.647. The van der Waals surface area contributed by atoms with Crippen molar-refractivity contribution >= 4 is 21.6 Å². The number of nitrogens with two attached hydrogens (primary N) is 1. The molecule has 2 saturated heterocycles. The van der Waals surface area contributed by atoms with Crippen LogP contribution in [0.1, 0.15) is 18.9 Å². The smallest absolute Gasteiger partial charge is 0.0642 e. The highest BCUT2D eigenvalue weighted by atomic mass is 79.9. The van der Waals surface area contributed by atoms with E-state index in [0.29, 0.717) is 0 Å². The van der Waals surface area contributed by atoms with E-state index in [0.717, 1.165) is 57.0 Å². The van der Waals surface area contributed by atoms with Gasteiger partial charge in [-0.2, -0.15) is 0 Å². The van der Waals surface area contributed by atoms with Crippen molar-refractivity contribution < 1.29 is 4.74 Å². The van der Waals surface area contributed by atoms with Crippen LogP contribution in [0.2, 0.25) is 0 Å². The highest BCUT2D eigenvalue weighted by Gasteiger charge is 2.32. The normalized spacial score (nSPS) is 26.6. The zero-order chi connectivity index (χ0) is 15.6. The van der Waals surface area contributed by atoms with E-state index in [9.17, 15) is 0 Å². The van der Waals surface area contributed by atoms with E-state index in [1.807, 2.05) is 0 Å². The second-order valence-electron chi connectivity index (χ2n) is 6.85. The minimum absolute atomic E-state index is 0.286. The molecule has 2 fully saturated rings. The van der Waals surface area contributed by atoms with Crippen LogP contribution < -0.4 is 10.6 Å². The molecule has 22 heavy (non-hydrogen) atoms. The molecule has 1 aromatic rings. The maximum absolute atomic E-state index is 5.94. The van der Waals surface area contributed by atoms with Crippen molar-refractivity contribution in [3.05, 3.63) is 28.2 Å². The minimum atomic E-state index is 0.286. The molecule has 3 rings (SSSR count). The van der Waals surface area contributed by atoms with Gasteiger partial charge in [-0.15, -0.1) is 0 Å². The summed E-state index contributed by atoms with van der Waals surface area (Å²) in [4.78, 5) is 4.99. The number of anilines is 1. The zero-order valence-corrected chi connectivity index (χ0v) is 14.9. The number of hydrogen-bond donors (Lipinski definition) is 1. The lowest BCUT2D eigenvalue weighted by atomic mass is 9.90. The van der Waals surface area contributed by atoms with Crippen LogP contribution in [0.5, 0.6) is 0 Å². The van der Waals surface area contributed by atoms with Crippen molar-refractivity contribution in [3.8, 4) is 0 Å². The summed E-state index contributed by atoms with van der Waals surface area (Å²) >= 11 is 3.62. The quantitative estimate of drug-likeness (QED) is 0.887. The van der Waals surface area contributed by atoms with Gasteiger partial charge in [-0.3, -0.25) is 4.90 Å². The summed E-state index contributed by atoms with van der Waals surface area (Å²) in [6, 6.07) is 6.66.